The van der Waals surface area contributed by atoms with Crippen LogP contribution in [0, 0.1) is 6.92 Å². The molecule has 1 heterocycles. The van der Waals surface area contributed by atoms with Crippen molar-refractivity contribution in [1.29, 1.82) is 0 Å². The van der Waals surface area contributed by atoms with Crippen LogP contribution in [0.3, 0.4) is 0 Å². The number of carbonyl (C=O) groups excluding carboxylic acids is 2. The van der Waals surface area contributed by atoms with Crippen LogP contribution in [0.25, 0.3) is 0 Å². The fraction of sp³-hybridized carbons (Fsp3) is 0.167. The third-order valence-corrected chi connectivity index (χ3v) is 5.12. The normalized spacial score (nSPS) is 14.4. The van der Waals surface area contributed by atoms with Crippen LogP contribution in [0.1, 0.15) is 33.1 Å². The van der Waals surface area contributed by atoms with Gasteiger partial charge in [-0.25, -0.2) is 4.79 Å². The van der Waals surface area contributed by atoms with Gasteiger partial charge in [-0.2, -0.15) is 0 Å². The van der Waals surface area contributed by atoms with Gasteiger partial charge in [0.25, 0.3) is 5.91 Å². The second-order valence-electron chi connectivity index (χ2n) is 7.16. The summed E-state index contributed by atoms with van der Waals surface area (Å²) >= 11 is 0. The lowest BCUT2D eigenvalue weighted by Gasteiger charge is -2.20. The van der Waals surface area contributed by atoms with Crippen molar-refractivity contribution >= 4 is 17.6 Å². The maximum atomic E-state index is 13.0. The van der Waals surface area contributed by atoms with E-state index in [1.165, 1.54) is 5.56 Å². The van der Waals surface area contributed by atoms with Gasteiger partial charge in [-0.3, -0.25) is 9.69 Å². The maximum Gasteiger partial charge on any atom is 0.321 e. The minimum absolute atomic E-state index is 0.106. The molecule has 3 aromatic carbocycles. The van der Waals surface area contributed by atoms with E-state index in [1.54, 1.807) is 17.0 Å². The molecule has 1 fully saturated rings. The zero-order valence-corrected chi connectivity index (χ0v) is 16.3. The van der Waals surface area contributed by atoms with Crippen molar-refractivity contribution in [2.45, 2.75) is 13.0 Å². The van der Waals surface area contributed by atoms with Crippen LogP contribution >= 0.6 is 0 Å². The molecule has 146 valence electrons. The predicted molar refractivity (Wildman–Crippen MR) is 114 cm³/mol. The number of hydrogen-bond acceptors (Lipinski definition) is 2. The molecule has 3 aromatic rings. The first-order chi connectivity index (χ1) is 14.1. The number of aryl methyl sites for hydroxylation is 1. The average molecular weight is 385 g/mol. The van der Waals surface area contributed by atoms with Crippen LogP contribution in [-0.2, 0) is 0 Å². The minimum Gasteiger partial charge on any atom is -0.341 e. The van der Waals surface area contributed by atoms with Crippen LogP contribution in [0.15, 0.2) is 78.9 Å². The Hall–Kier alpha value is -3.60. The molecule has 5 heteroatoms. The van der Waals surface area contributed by atoms with Crippen molar-refractivity contribution in [3.63, 3.8) is 0 Å². The highest BCUT2D eigenvalue weighted by molar-refractivity contribution is 5.97. The lowest BCUT2D eigenvalue weighted by atomic mass is 9.97. The summed E-state index contributed by atoms with van der Waals surface area (Å²) in [5, 5.41) is 5.93. The molecular formula is C24H23N3O2. The Bertz CT molecular complexity index is 999. The SMILES string of the molecule is Cc1ccc(C(NC(=O)c2ccc(N3CCNC3=O)cc2)c2ccccc2)cc1. The van der Waals surface area contributed by atoms with Gasteiger partial charge < -0.3 is 10.6 Å². The number of anilines is 1. The number of nitrogens with one attached hydrogen (secondary N) is 2. The number of benzene rings is 3. The first kappa shape index (κ1) is 18.7. The highest BCUT2D eigenvalue weighted by atomic mass is 16.2. The summed E-state index contributed by atoms with van der Waals surface area (Å²) < 4.78 is 0. The van der Waals surface area contributed by atoms with Gasteiger partial charge in [-0.1, -0.05) is 60.2 Å². The third-order valence-electron chi connectivity index (χ3n) is 5.12. The van der Waals surface area contributed by atoms with Crippen LogP contribution in [0.4, 0.5) is 10.5 Å². The Balaban J connectivity index is 1.56. The van der Waals surface area contributed by atoms with E-state index in [0.29, 0.717) is 18.7 Å². The van der Waals surface area contributed by atoms with Crippen molar-refractivity contribution in [1.82, 2.24) is 10.6 Å². The lowest BCUT2D eigenvalue weighted by molar-refractivity contribution is 0.0943. The highest BCUT2D eigenvalue weighted by Crippen LogP contribution is 2.24. The minimum atomic E-state index is -0.242. The van der Waals surface area contributed by atoms with Gasteiger partial charge >= 0.3 is 6.03 Å². The first-order valence-electron chi connectivity index (χ1n) is 9.69. The molecule has 1 atom stereocenters. The van der Waals surface area contributed by atoms with E-state index >= 15 is 0 Å². The monoisotopic (exact) mass is 385 g/mol. The zero-order valence-electron chi connectivity index (χ0n) is 16.3. The molecule has 1 aliphatic heterocycles. The summed E-state index contributed by atoms with van der Waals surface area (Å²) in [4.78, 5) is 26.4. The summed E-state index contributed by atoms with van der Waals surface area (Å²) in [5.74, 6) is -0.156. The molecule has 3 amide bonds. The molecule has 5 nitrogen and oxygen atoms in total. The Morgan fingerprint density at radius 1 is 0.931 bits per heavy atom. The number of urea groups is 1. The number of carbonyl (C=O) groups is 2. The summed E-state index contributed by atoms with van der Waals surface area (Å²) in [7, 11) is 0. The summed E-state index contributed by atoms with van der Waals surface area (Å²) in [6.07, 6.45) is 0. The Morgan fingerprint density at radius 2 is 1.59 bits per heavy atom. The Morgan fingerprint density at radius 3 is 2.21 bits per heavy atom. The van der Waals surface area contributed by atoms with Gasteiger partial charge in [0.15, 0.2) is 0 Å². The summed E-state index contributed by atoms with van der Waals surface area (Å²) in [5.41, 5.74) is 4.57. The number of rotatable bonds is 5. The molecule has 0 bridgehead atoms. The quantitative estimate of drug-likeness (QED) is 0.696. The second-order valence-corrected chi connectivity index (χ2v) is 7.16. The largest absolute Gasteiger partial charge is 0.341 e. The Labute approximate surface area is 170 Å². The van der Waals surface area contributed by atoms with Crippen LogP contribution in [-0.4, -0.2) is 25.0 Å². The molecule has 29 heavy (non-hydrogen) atoms. The molecule has 1 unspecified atom stereocenters. The molecule has 0 aliphatic carbocycles. The number of amides is 3. The fourth-order valence-electron chi connectivity index (χ4n) is 3.49. The molecule has 1 aliphatic rings. The zero-order chi connectivity index (χ0) is 20.2. The molecule has 0 saturated carbocycles. The molecule has 2 N–H and O–H groups in total. The van der Waals surface area contributed by atoms with E-state index in [4.69, 9.17) is 0 Å². The van der Waals surface area contributed by atoms with Gasteiger partial charge in [0.05, 0.1) is 6.04 Å². The summed E-state index contributed by atoms with van der Waals surface area (Å²) in [6.45, 7) is 3.31. The van der Waals surface area contributed by atoms with Crippen molar-refractivity contribution < 1.29 is 9.59 Å². The molecule has 0 aromatic heterocycles. The molecule has 0 radical (unpaired) electrons. The van der Waals surface area contributed by atoms with Crippen molar-refractivity contribution in [3.05, 3.63) is 101 Å². The Kier molecular flexibility index (Phi) is 5.29. The van der Waals surface area contributed by atoms with Crippen LogP contribution in [0.2, 0.25) is 0 Å². The third kappa shape index (κ3) is 4.14. The van der Waals surface area contributed by atoms with Gasteiger partial charge in [0, 0.05) is 24.3 Å². The van der Waals surface area contributed by atoms with E-state index in [1.807, 2.05) is 73.7 Å². The number of nitrogens with zero attached hydrogens (tertiary/aromatic N) is 1. The van der Waals surface area contributed by atoms with E-state index < -0.39 is 0 Å². The second kappa shape index (κ2) is 8.19. The van der Waals surface area contributed by atoms with Crippen molar-refractivity contribution in [2.24, 2.45) is 0 Å². The van der Waals surface area contributed by atoms with Crippen LogP contribution < -0.4 is 15.5 Å². The van der Waals surface area contributed by atoms with E-state index in [2.05, 4.69) is 10.6 Å². The fourth-order valence-corrected chi connectivity index (χ4v) is 3.49. The topological polar surface area (TPSA) is 61.4 Å². The highest BCUT2D eigenvalue weighted by Gasteiger charge is 2.22. The van der Waals surface area contributed by atoms with Gasteiger partial charge in [0.2, 0.25) is 0 Å². The van der Waals surface area contributed by atoms with E-state index in [9.17, 15) is 9.59 Å². The first-order valence-corrected chi connectivity index (χ1v) is 9.69. The van der Waals surface area contributed by atoms with Crippen molar-refractivity contribution in [3.8, 4) is 0 Å². The van der Waals surface area contributed by atoms with Gasteiger partial charge in [-0.05, 0) is 42.3 Å². The molecule has 0 spiro atoms. The average Bonchev–Trinajstić information content (AvgIpc) is 3.19. The summed E-state index contributed by atoms with van der Waals surface area (Å²) in [6, 6.07) is 24.9. The van der Waals surface area contributed by atoms with E-state index in [-0.39, 0.29) is 18.0 Å². The molecule has 4 rings (SSSR count). The molecule has 1 saturated heterocycles. The predicted octanol–water partition coefficient (Wildman–Crippen LogP) is 4.04. The van der Waals surface area contributed by atoms with Crippen LogP contribution in [0.5, 0.6) is 0 Å². The maximum absolute atomic E-state index is 13.0. The van der Waals surface area contributed by atoms with E-state index in [0.717, 1.165) is 16.8 Å². The molecular weight excluding hydrogens is 362 g/mol. The van der Waals surface area contributed by atoms with Gasteiger partial charge in [-0.15, -0.1) is 0 Å². The standard InChI is InChI=1S/C24H23N3O2/c1-17-7-9-19(10-8-17)22(18-5-3-2-4-6-18)26-23(28)20-11-13-21(14-12-20)27-16-15-25-24(27)29/h2-14,22H,15-16H2,1H3,(H,25,29)(H,26,28). The smallest absolute Gasteiger partial charge is 0.321 e. The van der Waals surface area contributed by atoms with Crippen molar-refractivity contribution in [2.75, 3.05) is 18.0 Å². The lowest BCUT2D eigenvalue weighted by Crippen LogP contribution is -2.30. The van der Waals surface area contributed by atoms with Gasteiger partial charge in [0.1, 0.15) is 0 Å². The number of hydrogen-bond donors (Lipinski definition) is 2.